The third-order valence-corrected chi connectivity index (χ3v) is 4.46. The van der Waals surface area contributed by atoms with Gasteiger partial charge in [0.25, 0.3) is 0 Å². The fourth-order valence-electron chi connectivity index (χ4n) is 2.97. The van der Waals surface area contributed by atoms with E-state index in [0.717, 1.165) is 11.1 Å². The number of nitrogens with one attached hydrogen (secondary N) is 1. The Bertz CT molecular complexity index is 922. The van der Waals surface area contributed by atoms with E-state index in [2.05, 4.69) is 10.3 Å². The van der Waals surface area contributed by atoms with Gasteiger partial charge in [-0.25, -0.2) is 4.98 Å². The van der Waals surface area contributed by atoms with Gasteiger partial charge in [0, 0.05) is 5.56 Å². The summed E-state index contributed by atoms with van der Waals surface area (Å²) in [7, 11) is 1.34. The van der Waals surface area contributed by atoms with Crippen molar-refractivity contribution in [1.29, 1.82) is 0 Å². The summed E-state index contributed by atoms with van der Waals surface area (Å²) in [5.74, 6) is -0.709. The lowest BCUT2D eigenvalue weighted by Crippen LogP contribution is -2.36. The lowest BCUT2D eigenvalue weighted by molar-refractivity contribution is -0.146. The molecular formula is C22H22N2O4. The van der Waals surface area contributed by atoms with Gasteiger partial charge >= 0.3 is 5.97 Å². The number of aromatic nitrogens is 1. The van der Waals surface area contributed by atoms with E-state index in [1.165, 1.54) is 13.4 Å². The molecule has 2 aromatic carbocycles. The van der Waals surface area contributed by atoms with Crippen molar-refractivity contribution in [2.75, 3.05) is 7.11 Å². The van der Waals surface area contributed by atoms with Crippen molar-refractivity contribution in [1.82, 2.24) is 10.3 Å². The molecule has 0 aliphatic rings. The maximum absolute atomic E-state index is 12.6. The van der Waals surface area contributed by atoms with E-state index in [9.17, 15) is 9.59 Å². The van der Waals surface area contributed by atoms with Crippen LogP contribution in [0.5, 0.6) is 0 Å². The van der Waals surface area contributed by atoms with E-state index in [0.29, 0.717) is 11.6 Å². The van der Waals surface area contributed by atoms with Gasteiger partial charge in [-0.15, -0.1) is 0 Å². The molecular weight excluding hydrogens is 356 g/mol. The largest absolute Gasteiger partial charge is 0.469 e. The lowest BCUT2D eigenvalue weighted by Gasteiger charge is -2.23. The summed E-state index contributed by atoms with van der Waals surface area (Å²) < 4.78 is 10.3. The first-order valence-electron chi connectivity index (χ1n) is 9.00. The number of amides is 1. The van der Waals surface area contributed by atoms with Crippen LogP contribution >= 0.6 is 0 Å². The zero-order valence-corrected chi connectivity index (χ0v) is 15.8. The van der Waals surface area contributed by atoms with E-state index in [-0.39, 0.29) is 18.3 Å². The number of nitrogens with zero attached hydrogens (tertiary/aromatic N) is 1. The molecule has 0 bridgehead atoms. The van der Waals surface area contributed by atoms with E-state index in [1.54, 1.807) is 6.92 Å². The van der Waals surface area contributed by atoms with Crippen molar-refractivity contribution in [3.63, 3.8) is 0 Å². The van der Waals surface area contributed by atoms with Crippen LogP contribution in [-0.2, 0) is 20.7 Å². The zero-order valence-electron chi connectivity index (χ0n) is 15.8. The maximum Gasteiger partial charge on any atom is 0.310 e. The normalized spacial score (nSPS) is 12.8. The van der Waals surface area contributed by atoms with Crippen molar-refractivity contribution in [3.05, 3.63) is 78.2 Å². The summed E-state index contributed by atoms with van der Waals surface area (Å²) in [5.41, 5.74) is 2.20. The Labute approximate surface area is 163 Å². The van der Waals surface area contributed by atoms with Gasteiger partial charge in [-0.2, -0.15) is 0 Å². The number of hydrogen-bond acceptors (Lipinski definition) is 5. The Morgan fingerprint density at radius 1 is 1.07 bits per heavy atom. The zero-order chi connectivity index (χ0) is 19.9. The Balaban J connectivity index is 1.72. The highest BCUT2D eigenvalue weighted by atomic mass is 16.5. The van der Waals surface area contributed by atoms with Gasteiger partial charge in [-0.3, -0.25) is 9.59 Å². The molecule has 0 saturated carbocycles. The standard InChI is InChI=1S/C22H22N2O4/c1-15(22(26)27-2)20(16-9-5-3-6-10-16)24-19(25)13-18-14-28-21(23-18)17-11-7-4-8-12-17/h3-12,14-15,20H,13H2,1-2H3,(H,24,25)/t15-,20+/m0/s1. The van der Waals surface area contributed by atoms with Gasteiger partial charge in [0.2, 0.25) is 11.8 Å². The first kappa shape index (κ1) is 19.4. The molecule has 3 rings (SSSR count). The molecule has 0 spiro atoms. The number of rotatable bonds is 7. The van der Waals surface area contributed by atoms with Crippen LogP contribution in [-0.4, -0.2) is 24.0 Å². The van der Waals surface area contributed by atoms with Gasteiger partial charge < -0.3 is 14.5 Å². The molecule has 0 radical (unpaired) electrons. The second kappa shape index (κ2) is 8.99. The molecule has 0 fully saturated rings. The molecule has 144 valence electrons. The predicted octanol–water partition coefficient (Wildman–Crippen LogP) is 3.55. The van der Waals surface area contributed by atoms with Gasteiger partial charge in [-0.05, 0) is 24.6 Å². The maximum atomic E-state index is 12.6. The third-order valence-electron chi connectivity index (χ3n) is 4.46. The van der Waals surface area contributed by atoms with Crippen molar-refractivity contribution in [3.8, 4) is 11.5 Å². The summed E-state index contributed by atoms with van der Waals surface area (Å²) in [5, 5.41) is 2.92. The van der Waals surface area contributed by atoms with Crippen LogP contribution in [0.15, 0.2) is 71.3 Å². The smallest absolute Gasteiger partial charge is 0.310 e. The number of hydrogen-bond donors (Lipinski definition) is 1. The highest BCUT2D eigenvalue weighted by molar-refractivity contribution is 5.80. The minimum Gasteiger partial charge on any atom is -0.469 e. The van der Waals surface area contributed by atoms with Crippen molar-refractivity contribution in [2.24, 2.45) is 5.92 Å². The van der Waals surface area contributed by atoms with Crippen LogP contribution in [0.2, 0.25) is 0 Å². The average molecular weight is 378 g/mol. The van der Waals surface area contributed by atoms with E-state index in [4.69, 9.17) is 9.15 Å². The van der Waals surface area contributed by atoms with Gasteiger partial charge in [0.05, 0.1) is 31.2 Å². The molecule has 1 aromatic heterocycles. The summed E-state index contributed by atoms with van der Waals surface area (Å²) >= 11 is 0. The first-order chi connectivity index (χ1) is 13.6. The van der Waals surface area contributed by atoms with Crippen LogP contribution < -0.4 is 5.32 Å². The number of oxazole rings is 1. The van der Waals surface area contributed by atoms with E-state index >= 15 is 0 Å². The van der Waals surface area contributed by atoms with Crippen LogP contribution in [0.25, 0.3) is 11.5 Å². The second-order valence-electron chi connectivity index (χ2n) is 6.45. The van der Waals surface area contributed by atoms with Crippen LogP contribution in [0, 0.1) is 5.92 Å². The molecule has 0 unspecified atom stereocenters. The molecule has 6 heteroatoms. The molecule has 0 aliphatic heterocycles. The van der Waals surface area contributed by atoms with Gasteiger partial charge in [0.1, 0.15) is 6.26 Å². The molecule has 1 heterocycles. The highest BCUT2D eigenvalue weighted by Crippen LogP contribution is 2.23. The van der Waals surface area contributed by atoms with E-state index in [1.807, 2.05) is 60.7 Å². The molecule has 2 atom stereocenters. The summed E-state index contributed by atoms with van der Waals surface area (Å²) in [4.78, 5) is 29.0. The van der Waals surface area contributed by atoms with Gasteiger partial charge in [0.15, 0.2) is 0 Å². The van der Waals surface area contributed by atoms with Crippen LogP contribution in [0.3, 0.4) is 0 Å². The number of methoxy groups -OCH3 is 1. The molecule has 6 nitrogen and oxygen atoms in total. The van der Waals surface area contributed by atoms with Crippen LogP contribution in [0.1, 0.15) is 24.2 Å². The molecule has 1 amide bonds. The first-order valence-corrected chi connectivity index (χ1v) is 9.00. The number of benzene rings is 2. The molecule has 0 saturated heterocycles. The summed E-state index contributed by atoms with van der Waals surface area (Å²) in [6.45, 7) is 1.73. The molecule has 0 aliphatic carbocycles. The summed E-state index contributed by atoms with van der Waals surface area (Å²) in [6, 6.07) is 18.3. The SMILES string of the molecule is COC(=O)[C@@H](C)[C@@H](NC(=O)Cc1coc(-c2ccccc2)n1)c1ccccc1. The number of esters is 1. The minimum absolute atomic E-state index is 0.0492. The molecule has 3 aromatic rings. The van der Waals surface area contributed by atoms with E-state index < -0.39 is 12.0 Å². The number of carbonyl (C=O) groups is 2. The Kier molecular flexibility index (Phi) is 6.22. The second-order valence-corrected chi connectivity index (χ2v) is 6.45. The van der Waals surface area contributed by atoms with Crippen molar-refractivity contribution >= 4 is 11.9 Å². The summed E-state index contributed by atoms with van der Waals surface area (Å²) in [6.07, 6.45) is 1.52. The Hall–Kier alpha value is -3.41. The minimum atomic E-state index is -0.534. The fourth-order valence-corrected chi connectivity index (χ4v) is 2.97. The lowest BCUT2D eigenvalue weighted by atomic mass is 9.94. The quantitative estimate of drug-likeness (QED) is 0.636. The fraction of sp³-hybridized carbons (Fsp3) is 0.227. The monoisotopic (exact) mass is 378 g/mol. The van der Waals surface area contributed by atoms with Crippen molar-refractivity contribution in [2.45, 2.75) is 19.4 Å². The van der Waals surface area contributed by atoms with Crippen molar-refractivity contribution < 1.29 is 18.7 Å². The topological polar surface area (TPSA) is 81.4 Å². The van der Waals surface area contributed by atoms with Gasteiger partial charge in [-0.1, -0.05) is 48.5 Å². The molecule has 1 N–H and O–H groups in total. The number of ether oxygens (including phenoxy) is 1. The molecule has 28 heavy (non-hydrogen) atoms. The number of carbonyl (C=O) groups excluding carboxylic acids is 2. The third kappa shape index (κ3) is 4.65. The Morgan fingerprint density at radius 2 is 1.71 bits per heavy atom. The Morgan fingerprint density at radius 3 is 2.36 bits per heavy atom. The highest BCUT2D eigenvalue weighted by Gasteiger charge is 2.28. The average Bonchev–Trinajstić information content (AvgIpc) is 3.20. The predicted molar refractivity (Wildman–Crippen MR) is 104 cm³/mol. The van der Waals surface area contributed by atoms with Crippen LogP contribution in [0.4, 0.5) is 0 Å².